The maximum Gasteiger partial charge on any atom is 0.252 e. The summed E-state index contributed by atoms with van der Waals surface area (Å²) in [6, 6.07) is 13.5. The molecule has 4 rings (SSSR count). The lowest BCUT2D eigenvalue weighted by Gasteiger charge is -2.26. The number of rotatable bonds is 5. The molecule has 0 atom stereocenters. The van der Waals surface area contributed by atoms with Gasteiger partial charge in [-0.05, 0) is 37.3 Å². The summed E-state index contributed by atoms with van der Waals surface area (Å²) in [5.41, 5.74) is 3.99. The van der Waals surface area contributed by atoms with Gasteiger partial charge >= 0.3 is 0 Å². The number of amides is 1. The van der Waals surface area contributed by atoms with Crippen molar-refractivity contribution >= 4 is 16.8 Å². The molecule has 6 heteroatoms. The third-order valence-electron chi connectivity index (χ3n) is 4.95. The fourth-order valence-corrected chi connectivity index (χ4v) is 3.42. The van der Waals surface area contributed by atoms with Crippen molar-refractivity contribution in [1.82, 2.24) is 20.2 Å². The molecular weight excluding hydrogens is 352 g/mol. The molecule has 6 nitrogen and oxygen atoms in total. The molecule has 3 aromatic rings. The fraction of sp³-hybridized carbons (Fsp3) is 0.318. The summed E-state index contributed by atoms with van der Waals surface area (Å²) in [4.78, 5) is 24.4. The van der Waals surface area contributed by atoms with Crippen LogP contribution in [0.15, 0.2) is 48.7 Å². The van der Waals surface area contributed by atoms with E-state index in [-0.39, 0.29) is 5.91 Å². The summed E-state index contributed by atoms with van der Waals surface area (Å²) >= 11 is 0. The average molecular weight is 376 g/mol. The van der Waals surface area contributed by atoms with E-state index in [1.54, 1.807) is 6.20 Å². The minimum Gasteiger partial charge on any atom is -0.379 e. The highest BCUT2D eigenvalue weighted by molar-refractivity contribution is 6.07. The molecule has 2 aromatic heterocycles. The van der Waals surface area contributed by atoms with Gasteiger partial charge in [-0.1, -0.05) is 17.7 Å². The van der Waals surface area contributed by atoms with Crippen molar-refractivity contribution < 1.29 is 9.53 Å². The predicted molar refractivity (Wildman–Crippen MR) is 109 cm³/mol. The van der Waals surface area contributed by atoms with Crippen LogP contribution in [0.25, 0.3) is 22.3 Å². The number of aryl methyl sites for hydroxylation is 1. The molecule has 28 heavy (non-hydrogen) atoms. The van der Waals surface area contributed by atoms with Crippen LogP contribution < -0.4 is 5.32 Å². The van der Waals surface area contributed by atoms with Gasteiger partial charge in [-0.15, -0.1) is 0 Å². The molecule has 0 saturated carbocycles. The number of nitrogens with zero attached hydrogens (tertiary/aromatic N) is 3. The van der Waals surface area contributed by atoms with Crippen LogP contribution in [0.3, 0.4) is 0 Å². The average Bonchev–Trinajstić information content (AvgIpc) is 2.74. The smallest absolute Gasteiger partial charge is 0.252 e. The third kappa shape index (κ3) is 4.18. The van der Waals surface area contributed by atoms with E-state index in [0.29, 0.717) is 17.8 Å². The number of carbonyl (C=O) groups is 1. The Labute approximate surface area is 164 Å². The normalized spacial score (nSPS) is 14.9. The Kier molecular flexibility index (Phi) is 5.60. The number of nitrogens with one attached hydrogen (secondary N) is 1. The number of pyridine rings is 2. The summed E-state index contributed by atoms with van der Waals surface area (Å²) in [5, 5.41) is 3.93. The van der Waals surface area contributed by atoms with E-state index in [2.05, 4.69) is 15.2 Å². The van der Waals surface area contributed by atoms with Crippen LogP contribution in [0.5, 0.6) is 0 Å². The van der Waals surface area contributed by atoms with Gasteiger partial charge < -0.3 is 10.1 Å². The minimum atomic E-state index is -0.0801. The Morgan fingerprint density at radius 1 is 1.14 bits per heavy atom. The molecule has 3 heterocycles. The minimum absolute atomic E-state index is 0.0801. The van der Waals surface area contributed by atoms with E-state index < -0.39 is 0 Å². The first-order valence-corrected chi connectivity index (χ1v) is 9.62. The van der Waals surface area contributed by atoms with E-state index in [1.165, 1.54) is 0 Å². The lowest BCUT2D eigenvalue weighted by molar-refractivity contribution is 0.0383. The van der Waals surface area contributed by atoms with Gasteiger partial charge in [-0.2, -0.15) is 0 Å². The van der Waals surface area contributed by atoms with Crippen molar-refractivity contribution in [3.8, 4) is 11.4 Å². The number of morpholine rings is 1. The Bertz CT molecular complexity index is 969. The van der Waals surface area contributed by atoms with Gasteiger partial charge in [0.05, 0.1) is 35.7 Å². The molecule has 0 aliphatic carbocycles. The fourth-order valence-electron chi connectivity index (χ4n) is 3.42. The molecule has 0 radical (unpaired) electrons. The lowest BCUT2D eigenvalue weighted by atomic mass is 10.0. The van der Waals surface area contributed by atoms with Crippen LogP contribution in [0.1, 0.15) is 15.9 Å². The Morgan fingerprint density at radius 3 is 2.79 bits per heavy atom. The van der Waals surface area contributed by atoms with Gasteiger partial charge in [-0.25, -0.2) is 4.98 Å². The zero-order valence-corrected chi connectivity index (χ0v) is 16.0. The molecule has 1 aromatic carbocycles. The van der Waals surface area contributed by atoms with Crippen molar-refractivity contribution in [2.75, 3.05) is 39.4 Å². The summed E-state index contributed by atoms with van der Waals surface area (Å²) in [6.07, 6.45) is 1.73. The number of aromatic nitrogens is 2. The first-order chi connectivity index (χ1) is 13.7. The van der Waals surface area contributed by atoms with Gasteiger partial charge in [0.2, 0.25) is 0 Å². The van der Waals surface area contributed by atoms with E-state index in [9.17, 15) is 4.79 Å². The molecule has 0 bridgehead atoms. The Balaban J connectivity index is 1.60. The molecular formula is C22H24N4O2. The first-order valence-electron chi connectivity index (χ1n) is 9.62. The standard InChI is InChI=1S/C22H24N4O2/c1-16-5-6-19-17(14-16)18(15-21(25-19)20-4-2-3-7-23-20)22(27)24-8-9-26-10-12-28-13-11-26/h2-7,14-15H,8-13H2,1H3,(H,24,27). The van der Waals surface area contributed by atoms with E-state index in [1.807, 2.05) is 49.4 Å². The first kappa shape index (κ1) is 18.5. The quantitative estimate of drug-likeness (QED) is 0.742. The molecule has 1 aliphatic rings. The van der Waals surface area contributed by atoms with Crippen LogP contribution in [-0.4, -0.2) is 60.2 Å². The Hall–Kier alpha value is -2.83. The van der Waals surface area contributed by atoms with Crippen molar-refractivity contribution in [2.24, 2.45) is 0 Å². The highest BCUT2D eigenvalue weighted by Gasteiger charge is 2.16. The van der Waals surface area contributed by atoms with Crippen LogP contribution in [0, 0.1) is 6.92 Å². The van der Waals surface area contributed by atoms with Gasteiger partial charge in [0.25, 0.3) is 5.91 Å². The Morgan fingerprint density at radius 2 is 2.00 bits per heavy atom. The number of benzene rings is 1. The number of hydrogen-bond acceptors (Lipinski definition) is 5. The number of fused-ring (bicyclic) bond motifs is 1. The zero-order valence-electron chi connectivity index (χ0n) is 16.0. The number of ether oxygens (including phenoxy) is 1. The summed E-state index contributed by atoms with van der Waals surface area (Å²) in [6.45, 7) is 6.79. The predicted octanol–water partition coefficient (Wildman–Crippen LogP) is 2.67. The number of carbonyl (C=O) groups excluding carboxylic acids is 1. The number of hydrogen-bond donors (Lipinski definition) is 1. The van der Waals surface area contributed by atoms with Crippen molar-refractivity contribution in [3.05, 3.63) is 59.8 Å². The molecule has 1 amide bonds. The molecule has 0 spiro atoms. The van der Waals surface area contributed by atoms with E-state index in [4.69, 9.17) is 9.72 Å². The van der Waals surface area contributed by atoms with E-state index in [0.717, 1.165) is 55.0 Å². The van der Waals surface area contributed by atoms with Gasteiger partial charge in [-0.3, -0.25) is 14.7 Å². The van der Waals surface area contributed by atoms with Gasteiger partial charge in [0.1, 0.15) is 0 Å². The highest BCUT2D eigenvalue weighted by Crippen LogP contribution is 2.24. The molecule has 1 aliphatic heterocycles. The zero-order chi connectivity index (χ0) is 19.3. The largest absolute Gasteiger partial charge is 0.379 e. The van der Waals surface area contributed by atoms with E-state index >= 15 is 0 Å². The van der Waals surface area contributed by atoms with Gasteiger partial charge in [0, 0.05) is 37.8 Å². The monoisotopic (exact) mass is 376 g/mol. The van der Waals surface area contributed by atoms with Crippen molar-refractivity contribution in [1.29, 1.82) is 0 Å². The molecule has 144 valence electrons. The molecule has 1 saturated heterocycles. The topological polar surface area (TPSA) is 67.4 Å². The van der Waals surface area contributed by atoms with Crippen LogP contribution >= 0.6 is 0 Å². The third-order valence-corrected chi connectivity index (χ3v) is 4.95. The second-order valence-corrected chi connectivity index (χ2v) is 7.00. The summed E-state index contributed by atoms with van der Waals surface area (Å²) in [7, 11) is 0. The van der Waals surface area contributed by atoms with Crippen molar-refractivity contribution in [2.45, 2.75) is 6.92 Å². The van der Waals surface area contributed by atoms with Crippen molar-refractivity contribution in [3.63, 3.8) is 0 Å². The maximum absolute atomic E-state index is 13.0. The molecule has 0 unspecified atom stereocenters. The summed E-state index contributed by atoms with van der Waals surface area (Å²) < 4.78 is 5.37. The lowest BCUT2D eigenvalue weighted by Crippen LogP contribution is -2.41. The summed E-state index contributed by atoms with van der Waals surface area (Å²) in [5.74, 6) is -0.0801. The van der Waals surface area contributed by atoms with Gasteiger partial charge in [0.15, 0.2) is 0 Å². The second kappa shape index (κ2) is 8.46. The molecule has 1 fully saturated rings. The molecule has 1 N–H and O–H groups in total. The maximum atomic E-state index is 13.0. The van der Waals surface area contributed by atoms with Crippen LogP contribution in [0.2, 0.25) is 0 Å². The van der Waals surface area contributed by atoms with Crippen LogP contribution in [-0.2, 0) is 4.74 Å². The second-order valence-electron chi connectivity index (χ2n) is 7.00. The van der Waals surface area contributed by atoms with Crippen LogP contribution in [0.4, 0.5) is 0 Å². The SMILES string of the molecule is Cc1ccc2nc(-c3ccccn3)cc(C(=O)NCCN3CCOCC3)c2c1. The highest BCUT2D eigenvalue weighted by atomic mass is 16.5.